The summed E-state index contributed by atoms with van der Waals surface area (Å²) in [5, 5.41) is 14.9. The zero-order valence-electron chi connectivity index (χ0n) is 15.5. The van der Waals surface area contributed by atoms with E-state index in [1.165, 1.54) is 12.3 Å². The Morgan fingerprint density at radius 2 is 1.97 bits per heavy atom. The number of rotatable bonds is 3. The van der Waals surface area contributed by atoms with E-state index < -0.39 is 11.7 Å². The highest BCUT2D eigenvalue weighted by Gasteiger charge is 2.30. The molecule has 2 aromatic heterocycles. The van der Waals surface area contributed by atoms with Crippen LogP contribution in [0.15, 0.2) is 30.5 Å². The first kappa shape index (κ1) is 19.1. The van der Waals surface area contributed by atoms with Crippen molar-refractivity contribution in [2.24, 2.45) is 7.05 Å². The number of hydrogen-bond acceptors (Lipinski definition) is 6. The standard InChI is InChI=1S/C18H18F3N7O/c1-27-17(24-25-26-27)28-6-4-14(5-7-28)23-16(29)12-8-11-2-3-13(18(19,20)21)9-15(11)22-10-12/h2-3,8-10,14H,4-7H2,1H3,(H,23,29). The van der Waals surface area contributed by atoms with Crippen molar-refractivity contribution < 1.29 is 18.0 Å². The molecule has 1 fully saturated rings. The van der Waals surface area contributed by atoms with Crippen LogP contribution in [0.5, 0.6) is 0 Å². The summed E-state index contributed by atoms with van der Waals surface area (Å²) in [5.41, 5.74) is -0.251. The summed E-state index contributed by atoms with van der Waals surface area (Å²) in [5.74, 6) is 0.393. The third-order valence-corrected chi connectivity index (χ3v) is 4.98. The van der Waals surface area contributed by atoms with Crippen molar-refractivity contribution in [2.75, 3.05) is 18.0 Å². The maximum Gasteiger partial charge on any atom is 0.416 e. The van der Waals surface area contributed by atoms with E-state index in [-0.39, 0.29) is 17.5 Å². The third-order valence-electron chi connectivity index (χ3n) is 4.98. The van der Waals surface area contributed by atoms with Crippen LogP contribution in [0.25, 0.3) is 10.9 Å². The van der Waals surface area contributed by atoms with Crippen LogP contribution in [-0.2, 0) is 13.2 Å². The van der Waals surface area contributed by atoms with Crippen molar-refractivity contribution in [3.63, 3.8) is 0 Å². The van der Waals surface area contributed by atoms with Gasteiger partial charge >= 0.3 is 6.18 Å². The van der Waals surface area contributed by atoms with Gasteiger partial charge in [0.25, 0.3) is 5.91 Å². The molecule has 1 amide bonds. The van der Waals surface area contributed by atoms with Gasteiger partial charge in [0, 0.05) is 37.8 Å². The fourth-order valence-electron chi connectivity index (χ4n) is 3.41. The summed E-state index contributed by atoms with van der Waals surface area (Å²) in [6.45, 7) is 1.41. The van der Waals surface area contributed by atoms with Crippen LogP contribution in [0.3, 0.4) is 0 Å². The van der Waals surface area contributed by atoms with E-state index in [9.17, 15) is 18.0 Å². The molecule has 1 saturated heterocycles. The third kappa shape index (κ3) is 3.98. The maximum absolute atomic E-state index is 12.8. The van der Waals surface area contributed by atoms with E-state index in [0.717, 1.165) is 25.0 Å². The Labute approximate surface area is 163 Å². The highest BCUT2D eigenvalue weighted by atomic mass is 19.4. The number of halogens is 3. The van der Waals surface area contributed by atoms with Gasteiger partial charge in [-0.3, -0.25) is 9.78 Å². The van der Waals surface area contributed by atoms with E-state index in [2.05, 4.69) is 30.7 Å². The van der Waals surface area contributed by atoms with E-state index in [4.69, 9.17) is 0 Å². The second kappa shape index (κ2) is 7.30. The lowest BCUT2D eigenvalue weighted by molar-refractivity contribution is -0.137. The molecule has 0 radical (unpaired) electrons. The maximum atomic E-state index is 12.8. The molecule has 29 heavy (non-hydrogen) atoms. The predicted molar refractivity (Wildman–Crippen MR) is 98.2 cm³/mol. The van der Waals surface area contributed by atoms with Crippen LogP contribution in [0, 0.1) is 0 Å². The number of aryl methyl sites for hydroxylation is 1. The predicted octanol–water partition coefficient (Wildman–Crippen LogP) is 2.18. The molecule has 3 heterocycles. The normalized spacial score (nSPS) is 15.7. The Morgan fingerprint density at radius 1 is 1.21 bits per heavy atom. The Hall–Kier alpha value is -3.24. The van der Waals surface area contributed by atoms with Crippen LogP contribution < -0.4 is 10.2 Å². The summed E-state index contributed by atoms with van der Waals surface area (Å²) in [4.78, 5) is 18.7. The second-order valence-electron chi connectivity index (χ2n) is 6.97. The minimum atomic E-state index is -4.43. The quantitative estimate of drug-likeness (QED) is 0.719. The van der Waals surface area contributed by atoms with Gasteiger partial charge in [0.1, 0.15) is 0 Å². The molecule has 3 aromatic rings. The minimum absolute atomic E-state index is 0.0109. The zero-order valence-corrected chi connectivity index (χ0v) is 15.5. The van der Waals surface area contributed by atoms with E-state index in [1.807, 2.05) is 0 Å². The Morgan fingerprint density at radius 3 is 2.62 bits per heavy atom. The van der Waals surface area contributed by atoms with Crippen molar-refractivity contribution in [2.45, 2.75) is 25.1 Å². The molecule has 4 rings (SSSR count). The molecule has 1 N–H and O–H groups in total. The molecule has 1 aromatic carbocycles. The van der Waals surface area contributed by atoms with Gasteiger partial charge in [-0.05, 0) is 41.5 Å². The lowest BCUT2D eigenvalue weighted by Gasteiger charge is -2.32. The lowest BCUT2D eigenvalue weighted by Crippen LogP contribution is -2.45. The Kier molecular flexibility index (Phi) is 4.81. The van der Waals surface area contributed by atoms with Gasteiger partial charge in [0.2, 0.25) is 5.95 Å². The molecule has 0 saturated carbocycles. The highest BCUT2D eigenvalue weighted by molar-refractivity contribution is 5.97. The van der Waals surface area contributed by atoms with Crippen LogP contribution in [0.1, 0.15) is 28.8 Å². The molecule has 152 valence electrons. The zero-order chi connectivity index (χ0) is 20.6. The molecule has 0 spiro atoms. The van der Waals surface area contributed by atoms with Crippen LogP contribution in [0.2, 0.25) is 0 Å². The lowest BCUT2D eigenvalue weighted by atomic mass is 10.0. The van der Waals surface area contributed by atoms with Gasteiger partial charge in [-0.1, -0.05) is 11.2 Å². The molecular weight excluding hydrogens is 387 g/mol. The van der Waals surface area contributed by atoms with E-state index >= 15 is 0 Å². The van der Waals surface area contributed by atoms with Gasteiger partial charge in [0.15, 0.2) is 0 Å². The molecule has 8 nitrogen and oxygen atoms in total. The molecular formula is C18H18F3N7O. The number of tetrazole rings is 1. The largest absolute Gasteiger partial charge is 0.416 e. The van der Waals surface area contributed by atoms with E-state index in [0.29, 0.717) is 30.0 Å². The fraction of sp³-hybridized carbons (Fsp3) is 0.389. The first-order valence-corrected chi connectivity index (χ1v) is 9.06. The number of aromatic nitrogens is 5. The minimum Gasteiger partial charge on any atom is -0.349 e. The van der Waals surface area contributed by atoms with Crippen molar-refractivity contribution in [1.82, 2.24) is 30.5 Å². The second-order valence-corrected chi connectivity index (χ2v) is 6.97. The number of anilines is 1. The number of carbonyl (C=O) groups is 1. The summed E-state index contributed by atoms with van der Waals surface area (Å²) < 4.78 is 40.0. The number of pyridine rings is 1. The summed E-state index contributed by atoms with van der Waals surface area (Å²) in [6.07, 6.45) is -1.66. The SMILES string of the molecule is Cn1nnnc1N1CCC(NC(=O)c2cnc3cc(C(F)(F)F)ccc3c2)CC1. The smallest absolute Gasteiger partial charge is 0.349 e. The van der Waals surface area contributed by atoms with Crippen molar-refractivity contribution in [3.05, 3.63) is 41.6 Å². The Bertz CT molecular complexity index is 1040. The number of nitrogens with one attached hydrogen (secondary N) is 1. The monoisotopic (exact) mass is 405 g/mol. The topological polar surface area (TPSA) is 88.8 Å². The molecule has 0 atom stereocenters. The number of alkyl halides is 3. The van der Waals surface area contributed by atoms with Gasteiger partial charge in [0.05, 0.1) is 16.6 Å². The fourth-order valence-corrected chi connectivity index (χ4v) is 3.41. The average molecular weight is 405 g/mol. The average Bonchev–Trinajstić information content (AvgIpc) is 3.13. The highest BCUT2D eigenvalue weighted by Crippen LogP contribution is 2.31. The van der Waals surface area contributed by atoms with Gasteiger partial charge in [-0.25, -0.2) is 4.68 Å². The van der Waals surface area contributed by atoms with Crippen molar-refractivity contribution in [3.8, 4) is 0 Å². The van der Waals surface area contributed by atoms with Crippen LogP contribution in [0.4, 0.5) is 19.1 Å². The van der Waals surface area contributed by atoms with Gasteiger partial charge in [-0.15, -0.1) is 0 Å². The molecule has 0 unspecified atom stereocenters. The number of piperidine rings is 1. The molecule has 1 aliphatic heterocycles. The number of fused-ring (bicyclic) bond motifs is 1. The van der Waals surface area contributed by atoms with Crippen molar-refractivity contribution in [1.29, 1.82) is 0 Å². The first-order valence-electron chi connectivity index (χ1n) is 9.06. The molecule has 1 aliphatic rings. The van der Waals surface area contributed by atoms with Gasteiger partial charge < -0.3 is 10.2 Å². The summed E-state index contributed by atoms with van der Waals surface area (Å²) in [7, 11) is 1.77. The first-order chi connectivity index (χ1) is 13.8. The number of carbonyl (C=O) groups excluding carboxylic acids is 1. The molecule has 0 bridgehead atoms. The van der Waals surface area contributed by atoms with E-state index in [1.54, 1.807) is 17.8 Å². The summed E-state index contributed by atoms with van der Waals surface area (Å²) in [6, 6.07) is 4.84. The summed E-state index contributed by atoms with van der Waals surface area (Å²) >= 11 is 0. The van der Waals surface area contributed by atoms with Crippen LogP contribution >= 0.6 is 0 Å². The molecule has 0 aliphatic carbocycles. The van der Waals surface area contributed by atoms with Crippen LogP contribution in [-0.4, -0.2) is 50.2 Å². The number of benzene rings is 1. The number of hydrogen-bond donors (Lipinski definition) is 1. The van der Waals surface area contributed by atoms with Crippen molar-refractivity contribution >= 4 is 22.8 Å². The Balaban J connectivity index is 1.41. The number of nitrogens with zero attached hydrogens (tertiary/aromatic N) is 6. The number of amides is 1. The van der Waals surface area contributed by atoms with Gasteiger partial charge in [-0.2, -0.15) is 13.2 Å². The molecule has 11 heteroatoms.